The second kappa shape index (κ2) is 5.60. The van der Waals surface area contributed by atoms with Crippen LogP contribution in [0.4, 0.5) is 5.69 Å². The van der Waals surface area contributed by atoms with E-state index in [4.69, 9.17) is 16.9 Å². The molecule has 0 aliphatic carbocycles. The van der Waals surface area contributed by atoms with E-state index >= 15 is 0 Å². The van der Waals surface area contributed by atoms with Crippen molar-refractivity contribution in [2.45, 2.75) is 6.92 Å². The van der Waals surface area contributed by atoms with Gasteiger partial charge in [-0.25, -0.2) is 0 Å². The Bertz CT molecular complexity index is 484. The monoisotopic (exact) mass is 260 g/mol. The van der Waals surface area contributed by atoms with Crippen LogP contribution in [0.15, 0.2) is 29.3 Å². The van der Waals surface area contributed by atoms with Crippen LogP contribution >= 0.6 is 0 Å². The van der Waals surface area contributed by atoms with Crippen molar-refractivity contribution in [3.8, 4) is 0 Å². The number of aryl methyl sites for hydroxylation is 1. The maximum atomic E-state index is 7.79. The maximum absolute atomic E-state index is 7.79. The van der Waals surface area contributed by atoms with Crippen molar-refractivity contribution in [2.75, 3.05) is 31.1 Å². The molecule has 5 N–H and O–H groups in total. The van der Waals surface area contributed by atoms with Crippen molar-refractivity contribution < 1.29 is 0 Å². The highest BCUT2D eigenvalue weighted by molar-refractivity contribution is 5.91. The molecule has 2 rings (SSSR count). The predicted molar refractivity (Wildman–Crippen MR) is 78.5 cm³/mol. The Morgan fingerprint density at radius 3 is 2.37 bits per heavy atom. The lowest BCUT2D eigenvalue weighted by molar-refractivity contribution is 0.380. The van der Waals surface area contributed by atoms with E-state index < -0.39 is 0 Å². The highest BCUT2D eigenvalue weighted by atomic mass is 15.3. The molecule has 1 heterocycles. The summed E-state index contributed by atoms with van der Waals surface area (Å²) < 4.78 is 0. The molecule has 19 heavy (non-hydrogen) atoms. The molecule has 0 bridgehead atoms. The fourth-order valence-electron chi connectivity index (χ4n) is 2.27. The summed E-state index contributed by atoms with van der Waals surface area (Å²) in [5, 5.41) is 7.79. The minimum absolute atomic E-state index is 0.0636. The molecule has 1 aromatic carbocycles. The lowest BCUT2D eigenvalue weighted by Gasteiger charge is -2.36. The molecule has 1 aliphatic heterocycles. The number of anilines is 1. The molecule has 0 aromatic heterocycles. The number of guanidine groups is 2. The molecule has 0 spiro atoms. The highest BCUT2D eigenvalue weighted by Gasteiger charge is 2.19. The number of nitrogens with zero attached hydrogens (tertiary/aromatic N) is 3. The fraction of sp³-hybridized carbons (Fsp3) is 0.385. The zero-order valence-corrected chi connectivity index (χ0v) is 11.1. The molecule has 0 radical (unpaired) electrons. The Morgan fingerprint density at radius 2 is 1.79 bits per heavy atom. The molecule has 6 nitrogen and oxygen atoms in total. The normalized spacial score (nSPS) is 15.2. The minimum atomic E-state index is -0.0636. The summed E-state index contributed by atoms with van der Waals surface area (Å²) in [6, 6.07) is 8.34. The van der Waals surface area contributed by atoms with E-state index in [1.807, 2.05) is 11.0 Å². The van der Waals surface area contributed by atoms with E-state index in [1.165, 1.54) is 11.3 Å². The van der Waals surface area contributed by atoms with Gasteiger partial charge in [-0.05, 0) is 18.6 Å². The van der Waals surface area contributed by atoms with Crippen LogP contribution in [0.3, 0.4) is 0 Å². The Hall–Kier alpha value is -2.24. The number of para-hydroxylation sites is 1. The first kappa shape index (κ1) is 13.2. The van der Waals surface area contributed by atoms with Crippen LogP contribution < -0.4 is 16.4 Å². The summed E-state index contributed by atoms with van der Waals surface area (Å²) >= 11 is 0. The summed E-state index contributed by atoms with van der Waals surface area (Å²) in [5.41, 5.74) is 13.1. The van der Waals surface area contributed by atoms with E-state index in [0.717, 1.165) is 26.2 Å². The first-order chi connectivity index (χ1) is 9.08. The second-order valence-electron chi connectivity index (χ2n) is 4.62. The van der Waals surface area contributed by atoms with Gasteiger partial charge >= 0.3 is 0 Å². The number of hydrogen-bond donors (Lipinski definition) is 3. The van der Waals surface area contributed by atoms with Crippen molar-refractivity contribution in [2.24, 2.45) is 16.5 Å². The molecule has 1 aromatic rings. The highest BCUT2D eigenvalue weighted by Crippen LogP contribution is 2.20. The first-order valence-corrected chi connectivity index (χ1v) is 6.31. The third kappa shape index (κ3) is 3.15. The van der Waals surface area contributed by atoms with Gasteiger partial charge in [-0.2, -0.15) is 4.99 Å². The van der Waals surface area contributed by atoms with Crippen molar-refractivity contribution >= 4 is 17.6 Å². The van der Waals surface area contributed by atoms with Crippen LogP contribution in [-0.4, -0.2) is 43.0 Å². The van der Waals surface area contributed by atoms with E-state index in [1.54, 1.807) is 0 Å². The van der Waals surface area contributed by atoms with Crippen LogP contribution in [0.2, 0.25) is 0 Å². The zero-order chi connectivity index (χ0) is 13.8. The molecule has 102 valence electrons. The van der Waals surface area contributed by atoms with Crippen LogP contribution in [0.25, 0.3) is 0 Å². The molecule has 0 unspecified atom stereocenters. The lowest BCUT2D eigenvalue weighted by atomic mass is 10.1. The number of benzene rings is 1. The fourth-order valence-corrected chi connectivity index (χ4v) is 2.27. The third-order valence-electron chi connectivity index (χ3n) is 3.27. The van der Waals surface area contributed by atoms with Crippen LogP contribution in [0, 0.1) is 12.3 Å². The Morgan fingerprint density at radius 1 is 1.16 bits per heavy atom. The van der Waals surface area contributed by atoms with Gasteiger partial charge in [0.25, 0.3) is 0 Å². The number of hydrogen-bond acceptors (Lipinski definition) is 2. The largest absolute Gasteiger partial charge is 0.370 e. The Labute approximate surface area is 113 Å². The number of piperazine rings is 1. The lowest BCUT2D eigenvalue weighted by Crippen LogP contribution is -2.48. The number of aliphatic imine (C=N–C) groups is 1. The van der Waals surface area contributed by atoms with E-state index in [-0.39, 0.29) is 11.9 Å². The molecule has 1 saturated heterocycles. The summed E-state index contributed by atoms with van der Waals surface area (Å²) in [4.78, 5) is 7.99. The van der Waals surface area contributed by atoms with Gasteiger partial charge in [0.05, 0.1) is 0 Å². The van der Waals surface area contributed by atoms with Gasteiger partial charge in [0.15, 0.2) is 5.96 Å². The van der Waals surface area contributed by atoms with Crippen molar-refractivity contribution in [1.82, 2.24) is 4.90 Å². The number of rotatable bonds is 1. The molecule has 0 amide bonds. The smallest absolute Gasteiger partial charge is 0.221 e. The van der Waals surface area contributed by atoms with Gasteiger partial charge in [0.1, 0.15) is 0 Å². The van der Waals surface area contributed by atoms with Gasteiger partial charge in [0, 0.05) is 31.9 Å². The Balaban J connectivity index is 1.98. The van der Waals surface area contributed by atoms with Gasteiger partial charge in [0.2, 0.25) is 5.96 Å². The van der Waals surface area contributed by atoms with E-state index in [0.29, 0.717) is 0 Å². The SMILES string of the molecule is Cc1ccccc1N1CCN(C(=N)N=C(N)N)CC1. The molecule has 6 heteroatoms. The molecular formula is C13H20N6. The number of nitrogens with two attached hydrogens (primary N) is 2. The minimum Gasteiger partial charge on any atom is -0.370 e. The molecule has 1 aliphatic rings. The summed E-state index contributed by atoms with van der Waals surface area (Å²) in [6.45, 7) is 5.36. The zero-order valence-electron chi connectivity index (χ0n) is 11.1. The molecule has 0 atom stereocenters. The summed E-state index contributed by atoms with van der Waals surface area (Å²) in [7, 11) is 0. The quantitative estimate of drug-likeness (QED) is 0.501. The second-order valence-corrected chi connectivity index (χ2v) is 4.62. The first-order valence-electron chi connectivity index (χ1n) is 6.31. The molecule has 0 saturated carbocycles. The van der Waals surface area contributed by atoms with Crippen molar-refractivity contribution in [1.29, 1.82) is 5.41 Å². The topological polar surface area (TPSA) is 94.7 Å². The van der Waals surface area contributed by atoms with Crippen LogP contribution in [-0.2, 0) is 0 Å². The average Bonchev–Trinajstić information content (AvgIpc) is 2.39. The van der Waals surface area contributed by atoms with Gasteiger partial charge in [-0.15, -0.1) is 0 Å². The standard InChI is InChI=1S/C13H20N6/c1-10-4-2-3-5-11(10)18-6-8-19(9-7-18)13(16)17-12(14)15/h2-5H,6-9H2,1H3,(H5,14,15,16,17). The molecular weight excluding hydrogens is 240 g/mol. The van der Waals surface area contributed by atoms with Crippen LogP contribution in [0.1, 0.15) is 5.56 Å². The number of nitrogens with one attached hydrogen (secondary N) is 1. The van der Waals surface area contributed by atoms with Crippen molar-refractivity contribution in [3.05, 3.63) is 29.8 Å². The average molecular weight is 260 g/mol. The van der Waals surface area contributed by atoms with E-state index in [2.05, 4.69) is 35.0 Å². The predicted octanol–water partition coefficient (Wildman–Crippen LogP) is 0.325. The summed E-state index contributed by atoms with van der Waals surface area (Å²) in [5.74, 6) is 0.0794. The van der Waals surface area contributed by atoms with Gasteiger partial charge in [-0.3, -0.25) is 5.41 Å². The van der Waals surface area contributed by atoms with Gasteiger partial charge in [-0.1, -0.05) is 18.2 Å². The Kier molecular flexibility index (Phi) is 3.89. The van der Waals surface area contributed by atoms with Gasteiger partial charge < -0.3 is 21.3 Å². The molecule has 1 fully saturated rings. The third-order valence-corrected chi connectivity index (χ3v) is 3.27. The summed E-state index contributed by atoms with van der Waals surface area (Å²) in [6.07, 6.45) is 0. The maximum Gasteiger partial charge on any atom is 0.221 e. The van der Waals surface area contributed by atoms with Crippen LogP contribution in [0.5, 0.6) is 0 Å². The van der Waals surface area contributed by atoms with Crippen molar-refractivity contribution in [3.63, 3.8) is 0 Å². The van der Waals surface area contributed by atoms with E-state index in [9.17, 15) is 0 Å².